The van der Waals surface area contributed by atoms with Crippen molar-refractivity contribution in [1.82, 2.24) is 10.6 Å². The van der Waals surface area contributed by atoms with E-state index in [0.29, 0.717) is 6.04 Å². The first-order valence-corrected chi connectivity index (χ1v) is 8.31. The number of hydrogen-bond acceptors (Lipinski definition) is 3. The van der Waals surface area contributed by atoms with Gasteiger partial charge in [0.15, 0.2) is 6.61 Å². The number of hydrogen-bond donors (Lipinski definition) is 2. The fourth-order valence-electron chi connectivity index (χ4n) is 2.17. The number of halogens is 1. The van der Waals surface area contributed by atoms with Crippen LogP contribution in [0.3, 0.4) is 0 Å². The molecule has 1 aromatic rings. The van der Waals surface area contributed by atoms with E-state index in [1.807, 2.05) is 19.1 Å². The van der Waals surface area contributed by atoms with Crippen molar-refractivity contribution in [2.45, 2.75) is 45.7 Å². The lowest BCUT2D eigenvalue weighted by molar-refractivity contribution is -0.123. The van der Waals surface area contributed by atoms with Crippen LogP contribution < -0.4 is 15.4 Å². The molecule has 0 spiro atoms. The minimum absolute atomic E-state index is 0.0349. The molecule has 21 heavy (non-hydrogen) atoms. The van der Waals surface area contributed by atoms with Crippen LogP contribution >= 0.6 is 15.9 Å². The van der Waals surface area contributed by atoms with Crippen molar-refractivity contribution in [2.24, 2.45) is 0 Å². The molecule has 0 atom stereocenters. The predicted octanol–water partition coefficient (Wildman–Crippen LogP) is 2.91. The van der Waals surface area contributed by atoms with E-state index in [-0.39, 0.29) is 12.5 Å². The van der Waals surface area contributed by atoms with Gasteiger partial charge in [-0.25, -0.2) is 0 Å². The lowest BCUT2D eigenvalue weighted by Gasteiger charge is -2.15. The normalized spacial score (nSPS) is 14.0. The van der Waals surface area contributed by atoms with Gasteiger partial charge >= 0.3 is 0 Å². The summed E-state index contributed by atoms with van der Waals surface area (Å²) >= 11 is 3.51. The third-order valence-electron chi connectivity index (χ3n) is 3.35. The molecule has 0 aliphatic heterocycles. The fraction of sp³-hybridized carbons (Fsp3) is 0.562. The van der Waals surface area contributed by atoms with Gasteiger partial charge in [0.1, 0.15) is 5.75 Å². The average Bonchev–Trinajstić information content (AvgIpc) is 3.21. The maximum absolute atomic E-state index is 11.8. The van der Waals surface area contributed by atoms with Gasteiger partial charge in [0.25, 0.3) is 5.91 Å². The van der Waals surface area contributed by atoms with E-state index in [4.69, 9.17) is 4.74 Å². The summed E-state index contributed by atoms with van der Waals surface area (Å²) in [5.74, 6) is 0.778. The largest absolute Gasteiger partial charge is 0.483 e. The first-order valence-electron chi connectivity index (χ1n) is 7.52. The Bertz CT molecular complexity index is 501. The highest BCUT2D eigenvalue weighted by atomic mass is 79.9. The summed E-state index contributed by atoms with van der Waals surface area (Å²) < 4.78 is 6.80. The number of carbonyl (C=O) groups is 1. The Balaban J connectivity index is 1.99. The number of benzene rings is 1. The lowest BCUT2D eigenvalue weighted by atomic mass is 10.1. The zero-order valence-electron chi connectivity index (χ0n) is 12.7. The van der Waals surface area contributed by atoms with Crippen LogP contribution in [0.2, 0.25) is 0 Å². The Morgan fingerprint density at radius 3 is 2.86 bits per heavy atom. The second kappa shape index (κ2) is 7.80. The predicted molar refractivity (Wildman–Crippen MR) is 87.5 cm³/mol. The third-order valence-corrected chi connectivity index (χ3v) is 3.81. The first-order chi connectivity index (χ1) is 10.1. The Hall–Kier alpha value is -1.07. The quantitative estimate of drug-likeness (QED) is 0.705. The zero-order chi connectivity index (χ0) is 15.2. The minimum atomic E-state index is -0.0349. The number of carbonyl (C=O) groups excluding carboxylic acids is 1. The van der Waals surface area contributed by atoms with Crippen LogP contribution in [-0.2, 0) is 11.3 Å². The van der Waals surface area contributed by atoms with Gasteiger partial charge in [-0.15, -0.1) is 0 Å². The molecule has 1 amide bonds. The van der Waals surface area contributed by atoms with Crippen LogP contribution in [-0.4, -0.2) is 25.1 Å². The topological polar surface area (TPSA) is 50.4 Å². The highest BCUT2D eigenvalue weighted by molar-refractivity contribution is 9.10. The molecule has 5 heteroatoms. The van der Waals surface area contributed by atoms with Crippen LogP contribution in [0.1, 0.15) is 37.3 Å². The van der Waals surface area contributed by atoms with Gasteiger partial charge in [-0.1, -0.05) is 22.9 Å². The van der Waals surface area contributed by atoms with Crippen LogP contribution in [0.4, 0.5) is 0 Å². The van der Waals surface area contributed by atoms with Gasteiger partial charge in [-0.05, 0) is 50.4 Å². The molecule has 2 N–H and O–H groups in total. The lowest BCUT2D eigenvalue weighted by Crippen LogP contribution is -2.30. The van der Waals surface area contributed by atoms with Crippen molar-refractivity contribution < 1.29 is 9.53 Å². The molecule has 4 nitrogen and oxygen atoms in total. The molecule has 1 aromatic carbocycles. The maximum atomic E-state index is 11.8. The highest BCUT2D eigenvalue weighted by Crippen LogP contribution is 2.28. The summed E-state index contributed by atoms with van der Waals surface area (Å²) in [7, 11) is 0. The van der Waals surface area contributed by atoms with E-state index in [0.717, 1.165) is 53.7 Å². The molecule has 1 aliphatic carbocycles. The number of nitrogens with one attached hydrogen (secondary N) is 2. The van der Waals surface area contributed by atoms with Gasteiger partial charge in [0.2, 0.25) is 0 Å². The molecule has 116 valence electrons. The van der Waals surface area contributed by atoms with Crippen molar-refractivity contribution in [3.05, 3.63) is 27.7 Å². The second-order valence-corrected chi connectivity index (χ2v) is 6.43. The van der Waals surface area contributed by atoms with E-state index < -0.39 is 0 Å². The summed E-state index contributed by atoms with van der Waals surface area (Å²) in [5.41, 5.74) is 2.12. The Kier molecular flexibility index (Phi) is 6.06. The molecule has 1 fully saturated rings. The summed E-state index contributed by atoms with van der Waals surface area (Å²) in [6.07, 6.45) is 3.28. The van der Waals surface area contributed by atoms with E-state index >= 15 is 0 Å². The molecule has 0 bridgehead atoms. The van der Waals surface area contributed by atoms with Gasteiger partial charge in [-0.3, -0.25) is 4.79 Å². The highest BCUT2D eigenvalue weighted by Gasteiger charge is 2.23. The average molecular weight is 355 g/mol. The standard InChI is InChI=1S/C16H23BrN2O2/c1-3-6-18-9-12-8-13(17)7-11(2)16(12)21-10-15(20)19-14-4-5-14/h7-8,14,18H,3-6,9-10H2,1-2H3,(H,19,20). The minimum Gasteiger partial charge on any atom is -0.483 e. The van der Waals surface area contributed by atoms with Crippen molar-refractivity contribution in [2.75, 3.05) is 13.2 Å². The molecule has 1 saturated carbocycles. The smallest absolute Gasteiger partial charge is 0.258 e. The zero-order valence-corrected chi connectivity index (χ0v) is 14.3. The summed E-state index contributed by atoms with van der Waals surface area (Å²) in [6, 6.07) is 4.43. The third kappa shape index (κ3) is 5.32. The van der Waals surface area contributed by atoms with Crippen molar-refractivity contribution in [3.8, 4) is 5.75 Å². The van der Waals surface area contributed by atoms with Crippen molar-refractivity contribution >= 4 is 21.8 Å². The molecular formula is C16H23BrN2O2. The number of aryl methyl sites for hydroxylation is 1. The number of ether oxygens (including phenoxy) is 1. The maximum Gasteiger partial charge on any atom is 0.258 e. The summed E-state index contributed by atoms with van der Waals surface area (Å²) in [5, 5.41) is 6.31. The SMILES string of the molecule is CCCNCc1cc(Br)cc(C)c1OCC(=O)NC1CC1. The fourth-order valence-corrected chi connectivity index (χ4v) is 2.79. The molecule has 1 aliphatic rings. The van der Waals surface area contributed by atoms with Crippen LogP contribution in [0, 0.1) is 6.92 Å². The number of amides is 1. The molecule has 0 heterocycles. The van der Waals surface area contributed by atoms with Crippen LogP contribution in [0.5, 0.6) is 5.75 Å². The monoisotopic (exact) mass is 354 g/mol. The Morgan fingerprint density at radius 1 is 1.43 bits per heavy atom. The van der Waals surface area contributed by atoms with Crippen molar-refractivity contribution in [3.63, 3.8) is 0 Å². The molecule has 0 radical (unpaired) electrons. The summed E-state index contributed by atoms with van der Waals surface area (Å²) in [4.78, 5) is 11.8. The Morgan fingerprint density at radius 2 is 2.19 bits per heavy atom. The van der Waals surface area contributed by atoms with Gasteiger partial charge in [0.05, 0.1) is 0 Å². The molecule has 0 aromatic heterocycles. The van der Waals surface area contributed by atoms with Crippen LogP contribution in [0.15, 0.2) is 16.6 Å². The van der Waals surface area contributed by atoms with Crippen molar-refractivity contribution in [1.29, 1.82) is 0 Å². The van der Waals surface area contributed by atoms with Crippen LogP contribution in [0.25, 0.3) is 0 Å². The van der Waals surface area contributed by atoms with Gasteiger partial charge in [-0.2, -0.15) is 0 Å². The molecule has 0 saturated heterocycles. The van der Waals surface area contributed by atoms with E-state index in [2.05, 4.69) is 33.5 Å². The molecule has 2 rings (SSSR count). The van der Waals surface area contributed by atoms with E-state index in [1.165, 1.54) is 0 Å². The van der Waals surface area contributed by atoms with Gasteiger partial charge < -0.3 is 15.4 Å². The summed E-state index contributed by atoms with van der Waals surface area (Å²) in [6.45, 7) is 5.93. The van der Waals surface area contributed by atoms with Gasteiger partial charge in [0, 0.05) is 22.6 Å². The first kappa shape index (κ1) is 16.3. The molecule has 0 unspecified atom stereocenters. The molecular weight excluding hydrogens is 332 g/mol. The Labute approximate surface area is 134 Å². The van der Waals surface area contributed by atoms with E-state index in [1.54, 1.807) is 0 Å². The van der Waals surface area contributed by atoms with E-state index in [9.17, 15) is 4.79 Å². The number of rotatable bonds is 8. The second-order valence-electron chi connectivity index (χ2n) is 5.52.